The fourth-order valence-corrected chi connectivity index (χ4v) is 1.99. The molecule has 0 unspecified atom stereocenters. The summed E-state index contributed by atoms with van der Waals surface area (Å²) in [5, 5.41) is 4.17. The van der Waals surface area contributed by atoms with E-state index in [1.54, 1.807) is 6.07 Å². The molecule has 0 aliphatic rings. The average Bonchev–Trinajstić information content (AvgIpc) is 2.61. The zero-order valence-electron chi connectivity index (χ0n) is 9.60. The Labute approximate surface area is 93.5 Å². The Morgan fingerprint density at radius 2 is 2.19 bits per heavy atom. The van der Waals surface area contributed by atoms with Crippen LogP contribution in [0.4, 0.5) is 0 Å². The van der Waals surface area contributed by atoms with Crippen molar-refractivity contribution in [1.82, 2.24) is 14.2 Å². The number of hydrogen-bond donors (Lipinski definition) is 1. The van der Waals surface area contributed by atoms with Gasteiger partial charge in [0.2, 0.25) is 0 Å². The highest BCUT2D eigenvalue weighted by Gasteiger charge is 2.09. The maximum Gasteiger partial charge on any atom is 0.274 e. The Morgan fingerprint density at radius 1 is 1.44 bits per heavy atom. The van der Waals surface area contributed by atoms with Gasteiger partial charge in [-0.2, -0.15) is 9.61 Å². The molecule has 0 aliphatic carbocycles. The lowest BCUT2D eigenvalue weighted by molar-refractivity contribution is 0.684. The normalized spacial score (nSPS) is 11.2. The number of nitrogens with two attached hydrogens (primary N) is 1. The number of hydrogen-bond acceptors (Lipinski definition) is 3. The van der Waals surface area contributed by atoms with Crippen LogP contribution in [0.15, 0.2) is 16.9 Å². The molecule has 0 aromatic carbocycles. The summed E-state index contributed by atoms with van der Waals surface area (Å²) in [6.07, 6.45) is 0.712. The van der Waals surface area contributed by atoms with Crippen LogP contribution >= 0.6 is 0 Å². The van der Waals surface area contributed by atoms with E-state index >= 15 is 0 Å². The molecule has 0 bridgehead atoms. The second kappa shape index (κ2) is 4.09. The monoisotopic (exact) mass is 220 g/mol. The molecule has 0 atom stereocenters. The molecule has 0 aliphatic heterocycles. The molecule has 0 radical (unpaired) electrons. The van der Waals surface area contributed by atoms with Gasteiger partial charge in [0.15, 0.2) is 0 Å². The first-order valence-electron chi connectivity index (χ1n) is 5.46. The maximum atomic E-state index is 11.8. The minimum absolute atomic E-state index is 0.0868. The van der Waals surface area contributed by atoms with Gasteiger partial charge in [-0.1, -0.05) is 0 Å². The number of rotatable bonds is 3. The van der Waals surface area contributed by atoms with E-state index in [1.165, 1.54) is 4.52 Å². The Kier molecular flexibility index (Phi) is 2.78. The molecule has 0 spiro atoms. The molecule has 0 saturated carbocycles. The van der Waals surface area contributed by atoms with Crippen molar-refractivity contribution in [3.63, 3.8) is 0 Å². The van der Waals surface area contributed by atoms with Crippen molar-refractivity contribution in [2.45, 2.75) is 26.8 Å². The van der Waals surface area contributed by atoms with Crippen molar-refractivity contribution in [2.24, 2.45) is 5.73 Å². The van der Waals surface area contributed by atoms with E-state index in [-0.39, 0.29) is 5.56 Å². The number of nitrogens with zero attached hydrogens (tertiary/aromatic N) is 3. The van der Waals surface area contributed by atoms with Crippen LogP contribution in [0, 0.1) is 6.92 Å². The van der Waals surface area contributed by atoms with Crippen LogP contribution in [0.25, 0.3) is 5.65 Å². The summed E-state index contributed by atoms with van der Waals surface area (Å²) in [6.45, 7) is 5.29. The van der Waals surface area contributed by atoms with E-state index in [0.29, 0.717) is 13.0 Å². The van der Waals surface area contributed by atoms with E-state index < -0.39 is 0 Å². The van der Waals surface area contributed by atoms with Gasteiger partial charge in [-0.3, -0.25) is 4.79 Å². The molecule has 2 N–H and O–H groups in total. The molecule has 2 aromatic heterocycles. The highest BCUT2D eigenvalue weighted by Crippen LogP contribution is 2.08. The highest BCUT2D eigenvalue weighted by atomic mass is 16.1. The summed E-state index contributed by atoms with van der Waals surface area (Å²) in [5.41, 5.74) is 8.13. The summed E-state index contributed by atoms with van der Waals surface area (Å²) < 4.78 is 3.52. The zero-order valence-corrected chi connectivity index (χ0v) is 9.60. The minimum atomic E-state index is -0.0868. The van der Waals surface area contributed by atoms with E-state index in [0.717, 1.165) is 23.6 Å². The average molecular weight is 220 g/mol. The van der Waals surface area contributed by atoms with Crippen molar-refractivity contribution in [2.75, 3.05) is 6.54 Å². The fourth-order valence-electron chi connectivity index (χ4n) is 1.99. The van der Waals surface area contributed by atoms with Crippen LogP contribution in [-0.4, -0.2) is 20.7 Å². The van der Waals surface area contributed by atoms with E-state index in [9.17, 15) is 4.79 Å². The van der Waals surface area contributed by atoms with Gasteiger partial charge >= 0.3 is 0 Å². The van der Waals surface area contributed by atoms with Gasteiger partial charge in [-0.25, -0.2) is 0 Å². The Hall–Kier alpha value is -1.62. The third-order valence-corrected chi connectivity index (χ3v) is 2.65. The predicted molar refractivity (Wildman–Crippen MR) is 62.6 cm³/mol. The molecule has 5 nitrogen and oxygen atoms in total. The summed E-state index contributed by atoms with van der Waals surface area (Å²) in [5.74, 6) is 0. The summed E-state index contributed by atoms with van der Waals surface area (Å²) in [7, 11) is 0. The second-order valence-electron chi connectivity index (χ2n) is 3.81. The van der Waals surface area contributed by atoms with Crippen molar-refractivity contribution in [1.29, 1.82) is 0 Å². The van der Waals surface area contributed by atoms with Crippen molar-refractivity contribution in [3.8, 4) is 0 Å². The molecule has 5 heteroatoms. The van der Waals surface area contributed by atoms with Gasteiger partial charge in [0, 0.05) is 30.8 Å². The fraction of sp³-hybridized carbons (Fsp3) is 0.455. The maximum absolute atomic E-state index is 11.8. The predicted octanol–water partition coefficient (Wildman–Crippen LogP) is 0.326. The molecular formula is C11H16N4O. The number of fused-ring (bicyclic) bond motifs is 1. The summed E-state index contributed by atoms with van der Waals surface area (Å²) in [4.78, 5) is 11.8. The summed E-state index contributed by atoms with van der Waals surface area (Å²) >= 11 is 0. The van der Waals surface area contributed by atoms with Gasteiger partial charge in [0.1, 0.15) is 5.65 Å². The highest BCUT2D eigenvalue weighted by molar-refractivity contribution is 5.41. The first-order valence-corrected chi connectivity index (χ1v) is 5.46. The first-order chi connectivity index (χ1) is 7.67. The third-order valence-electron chi connectivity index (χ3n) is 2.65. The van der Waals surface area contributed by atoms with Gasteiger partial charge in [-0.05, 0) is 20.4 Å². The van der Waals surface area contributed by atoms with Crippen molar-refractivity contribution in [3.05, 3.63) is 33.9 Å². The molecule has 2 heterocycles. The van der Waals surface area contributed by atoms with Gasteiger partial charge in [-0.15, -0.1) is 0 Å². The Balaban J connectivity index is 2.78. The third kappa shape index (κ3) is 1.63. The van der Waals surface area contributed by atoms with Crippen LogP contribution in [0.3, 0.4) is 0 Å². The standard InChI is InChI=1S/C11H16N4O/c1-3-14-9(4-5-12)7-11(16)15-10(14)6-8(2)13-15/h6-7H,3-5,12H2,1-2H3. The van der Waals surface area contributed by atoms with E-state index in [4.69, 9.17) is 5.73 Å². The van der Waals surface area contributed by atoms with Crippen LogP contribution < -0.4 is 11.3 Å². The molecule has 0 amide bonds. The van der Waals surface area contributed by atoms with E-state index in [2.05, 4.69) is 9.67 Å². The molecule has 0 saturated heterocycles. The topological polar surface area (TPSA) is 65.3 Å². The van der Waals surface area contributed by atoms with Crippen LogP contribution in [-0.2, 0) is 13.0 Å². The lowest BCUT2D eigenvalue weighted by Gasteiger charge is -2.12. The number of aromatic nitrogens is 3. The lowest BCUT2D eigenvalue weighted by atomic mass is 10.3. The SMILES string of the molecule is CCn1c(CCN)cc(=O)n2nc(C)cc12. The molecule has 2 aromatic rings. The minimum Gasteiger partial charge on any atom is -0.330 e. The molecular weight excluding hydrogens is 204 g/mol. The molecule has 16 heavy (non-hydrogen) atoms. The van der Waals surface area contributed by atoms with Crippen molar-refractivity contribution < 1.29 is 0 Å². The Bertz CT molecular complexity index is 567. The van der Waals surface area contributed by atoms with Gasteiger partial charge in [0.25, 0.3) is 5.56 Å². The van der Waals surface area contributed by atoms with Gasteiger partial charge in [0.05, 0.1) is 5.69 Å². The molecule has 0 fully saturated rings. The lowest BCUT2D eigenvalue weighted by Crippen LogP contribution is -2.22. The van der Waals surface area contributed by atoms with Crippen molar-refractivity contribution >= 4 is 5.65 Å². The van der Waals surface area contributed by atoms with E-state index in [1.807, 2.05) is 19.9 Å². The van der Waals surface area contributed by atoms with Crippen LogP contribution in [0.5, 0.6) is 0 Å². The smallest absolute Gasteiger partial charge is 0.274 e. The molecule has 2 rings (SSSR count). The first kappa shape index (κ1) is 10.9. The summed E-state index contributed by atoms with van der Waals surface area (Å²) in [6, 6.07) is 3.54. The van der Waals surface area contributed by atoms with Crippen LogP contribution in [0.1, 0.15) is 18.3 Å². The Morgan fingerprint density at radius 3 is 2.81 bits per heavy atom. The van der Waals surface area contributed by atoms with Crippen LogP contribution in [0.2, 0.25) is 0 Å². The molecule has 86 valence electrons. The number of aryl methyl sites for hydroxylation is 2. The van der Waals surface area contributed by atoms with Gasteiger partial charge < -0.3 is 10.3 Å². The zero-order chi connectivity index (χ0) is 11.7. The quantitative estimate of drug-likeness (QED) is 0.810. The second-order valence-corrected chi connectivity index (χ2v) is 3.81. The largest absolute Gasteiger partial charge is 0.330 e.